The van der Waals surface area contributed by atoms with Crippen LogP contribution in [0.4, 0.5) is 0 Å². The maximum absolute atomic E-state index is 12.4. The third-order valence-electron chi connectivity index (χ3n) is 5.15. The van der Waals surface area contributed by atoms with Gasteiger partial charge in [0, 0.05) is 12.6 Å². The van der Waals surface area contributed by atoms with Crippen LogP contribution in [0, 0.1) is 11.8 Å². The zero-order chi connectivity index (χ0) is 13.2. The lowest BCUT2D eigenvalue weighted by Gasteiger charge is -2.24. The van der Waals surface area contributed by atoms with Crippen LogP contribution in [0.2, 0.25) is 0 Å². The van der Waals surface area contributed by atoms with Gasteiger partial charge in [0.05, 0.1) is 6.04 Å². The van der Waals surface area contributed by atoms with Crippen molar-refractivity contribution in [2.24, 2.45) is 11.8 Å². The van der Waals surface area contributed by atoms with Gasteiger partial charge in [-0.1, -0.05) is 6.42 Å². The molecule has 2 aliphatic heterocycles. The second-order valence-corrected chi connectivity index (χ2v) is 6.66. The van der Waals surface area contributed by atoms with Crippen molar-refractivity contribution >= 4 is 5.91 Å². The minimum absolute atomic E-state index is 0.0773. The summed E-state index contributed by atoms with van der Waals surface area (Å²) < 4.78 is 0. The van der Waals surface area contributed by atoms with Crippen LogP contribution in [0.5, 0.6) is 0 Å². The number of amides is 1. The summed E-state index contributed by atoms with van der Waals surface area (Å²) in [6.07, 6.45) is 6.48. The Morgan fingerprint density at radius 1 is 1.32 bits per heavy atom. The molecule has 1 saturated carbocycles. The molecule has 2 heterocycles. The lowest BCUT2D eigenvalue weighted by atomic mass is 9.93. The van der Waals surface area contributed by atoms with Crippen molar-refractivity contribution in [2.75, 3.05) is 26.2 Å². The molecule has 0 spiro atoms. The second-order valence-electron chi connectivity index (χ2n) is 6.66. The molecule has 0 aromatic rings. The van der Waals surface area contributed by atoms with E-state index in [2.05, 4.69) is 22.5 Å². The van der Waals surface area contributed by atoms with Crippen LogP contribution >= 0.6 is 0 Å². The Morgan fingerprint density at radius 2 is 2.11 bits per heavy atom. The van der Waals surface area contributed by atoms with E-state index in [0.717, 1.165) is 19.0 Å². The molecule has 3 aliphatic rings. The molecule has 3 rings (SSSR count). The summed E-state index contributed by atoms with van der Waals surface area (Å²) in [7, 11) is 0. The monoisotopic (exact) mass is 265 g/mol. The molecule has 0 aromatic carbocycles. The maximum atomic E-state index is 12.4. The topological polar surface area (TPSA) is 44.4 Å². The fourth-order valence-electron chi connectivity index (χ4n) is 4.21. The minimum Gasteiger partial charge on any atom is -0.351 e. The highest BCUT2D eigenvalue weighted by atomic mass is 16.2. The van der Waals surface area contributed by atoms with Crippen molar-refractivity contribution in [3.63, 3.8) is 0 Å². The van der Waals surface area contributed by atoms with Crippen molar-refractivity contribution < 1.29 is 4.79 Å². The first-order valence-corrected chi connectivity index (χ1v) is 8.00. The van der Waals surface area contributed by atoms with Crippen molar-refractivity contribution in [1.82, 2.24) is 15.5 Å². The van der Waals surface area contributed by atoms with Gasteiger partial charge in [-0.3, -0.25) is 4.79 Å². The maximum Gasteiger partial charge on any atom is 0.237 e. The van der Waals surface area contributed by atoms with Gasteiger partial charge in [-0.05, 0) is 64.1 Å². The number of fused-ring (bicyclic) bond motifs is 1. The van der Waals surface area contributed by atoms with Gasteiger partial charge in [0.25, 0.3) is 0 Å². The molecule has 1 amide bonds. The number of nitrogens with zero attached hydrogens (tertiary/aromatic N) is 1. The summed E-state index contributed by atoms with van der Waals surface area (Å²) >= 11 is 0. The Balaban J connectivity index is 1.47. The van der Waals surface area contributed by atoms with E-state index in [1.54, 1.807) is 0 Å². The summed E-state index contributed by atoms with van der Waals surface area (Å²) in [4.78, 5) is 14.8. The Morgan fingerprint density at radius 3 is 2.89 bits per heavy atom. The number of hydrogen-bond acceptors (Lipinski definition) is 3. The quantitative estimate of drug-likeness (QED) is 0.796. The van der Waals surface area contributed by atoms with E-state index in [9.17, 15) is 4.79 Å². The summed E-state index contributed by atoms with van der Waals surface area (Å²) in [6.45, 7) is 6.59. The first-order valence-electron chi connectivity index (χ1n) is 8.00. The number of carbonyl (C=O) groups is 1. The number of likely N-dealkylation sites (tertiary alicyclic amines) is 1. The summed E-state index contributed by atoms with van der Waals surface area (Å²) in [5, 5.41) is 6.65. The molecule has 108 valence electrons. The highest BCUT2D eigenvalue weighted by molar-refractivity contribution is 5.82. The predicted octanol–water partition coefficient (Wildman–Crippen LogP) is 0.975. The number of carbonyl (C=O) groups excluding carboxylic acids is 1. The molecule has 0 aromatic heterocycles. The fourth-order valence-corrected chi connectivity index (χ4v) is 4.21. The van der Waals surface area contributed by atoms with E-state index in [1.165, 1.54) is 45.2 Å². The van der Waals surface area contributed by atoms with Crippen molar-refractivity contribution in [3.05, 3.63) is 0 Å². The Bertz CT molecular complexity index is 327. The van der Waals surface area contributed by atoms with Crippen LogP contribution in [0.3, 0.4) is 0 Å². The smallest absolute Gasteiger partial charge is 0.237 e. The second kappa shape index (κ2) is 5.80. The molecule has 4 heteroatoms. The largest absolute Gasteiger partial charge is 0.351 e. The lowest BCUT2D eigenvalue weighted by Crippen LogP contribution is -2.49. The summed E-state index contributed by atoms with van der Waals surface area (Å²) in [5.41, 5.74) is 0. The average Bonchev–Trinajstić information content (AvgIpc) is 3.03. The number of rotatable bonds is 4. The van der Waals surface area contributed by atoms with Crippen LogP contribution in [0.25, 0.3) is 0 Å². The Labute approximate surface area is 116 Å². The zero-order valence-electron chi connectivity index (χ0n) is 12.0. The minimum atomic E-state index is 0.0773. The molecule has 2 N–H and O–H groups in total. The molecule has 3 fully saturated rings. The molecule has 19 heavy (non-hydrogen) atoms. The summed E-state index contributed by atoms with van der Waals surface area (Å²) in [5.74, 6) is 1.59. The molecule has 4 unspecified atom stereocenters. The van der Waals surface area contributed by atoms with Crippen molar-refractivity contribution in [3.8, 4) is 0 Å². The van der Waals surface area contributed by atoms with Gasteiger partial charge in [0.15, 0.2) is 0 Å². The van der Waals surface area contributed by atoms with Crippen LogP contribution in [0.15, 0.2) is 0 Å². The van der Waals surface area contributed by atoms with Crippen LogP contribution < -0.4 is 10.6 Å². The molecular formula is C15H27N3O. The van der Waals surface area contributed by atoms with Gasteiger partial charge in [-0.25, -0.2) is 0 Å². The first kappa shape index (κ1) is 13.4. The van der Waals surface area contributed by atoms with Gasteiger partial charge in [0.2, 0.25) is 5.91 Å². The van der Waals surface area contributed by atoms with Crippen LogP contribution in [-0.4, -0.2) is 49.1 Å². The van der Waals surface area contributed by atoms with Gasteiger partial charge in [-0.15, -0.1) is 0 Å². The Hall–Kier alpha value is -0.610. The standard InChI is InChI=1S/C15H27N3O/c1-11(10-18-7-2-3-8-18)17-15(19)14-13-6-4-5-12(13)9-16-14/h11-14,16H,2-10H2,1H3,(H,17,19). The molecule has 2 saturated heterocycles. The highest BCUT2D eigenvalue weighted by Gasteiger charge is 2.42. The van der Waals surface area contributed by atoms with Crippen LogP contribution in [-0.2, 0) is 4.79 Å². The van der Waals surface area contributed by atoms with Gasteiger partial charge in [-0.2, -0.15) is 0 Å². The zero-order valence-corrected chi connectivity index (χ0v) is 12.0. The van der Waals surface area contributed by atoms with Crippen LogP contribution in [0.1, 0.15) is 39.0 Å². The first-order chi connectivity index (χ1) is 9.24. The fraction of sp³-hybridized carbons (Fsp3) is 0.933. The van der Waals surface area contributed by atoms with E-state index >= 15 is 0 Å². The van der Waals surface area contributed by atoms with Gasteiger partial charge >= 0.3 is 0 Å². The van der Waals surface area contributed by atoms with Crippen molar-refractivity contribution in [2.45, 2.75) is 51.1 Å². The molecule has 0 bridgehead atoms. The van der Waals surface area contributed by atoms with E-state index in [1.807, 2.05) is 0 Å². The summed E-state index contributed by atoms with van der Waals surface area (Å²) in [6, 6.07) is 0.349. The number of hydrogen-bond donors (Lipinski definition) is 2. The normalized spacial score (nSPS) is 36.4. The third kappa shape index (κ3) is 2.95. The van der Waals surface area contributed by atoms with E-state index in [0.29, 0.717) is 5.92 Å². The third-order valence-corrected chi connectivity index (χ3v) is 5.15. The SMILES string of the molecule is CC(CN1CCCC1)NC(=O)C1NCC2CCCC21. The predicted molar refractivity (Wildman–Crippen MR) is 75.9 cm³/mol. The van der Waals surface area contributed by atoms with Crippen molar-refractivity contribution in [1.29, 1.82) is 0 Å². The van der Waals surface area contributed by atoms with Gasteiger partial charge in [0.1, 0.15) is 0 Å². The number of nitrogens with one attached hydrogen (secondary N) is 2. The highest BCUT2D eigenvalue weighted by Crippen LogP contribution is 2.37. The lowest BCUT2D eigenvalue weighted by molar-refractivity contribution is -0.124. The molecule has 1 aliphatic carbocycles. The molecule has 4 atom stereocenters. The van der Waals surface area contributed by atoms with E-state index in [4.69, 9.17) is 0 Å². The average molecular weight is 265 g/mol. The van der Waals surface area contributed by atoms with E-state index < -0.39 is 0 Å². The molecule has 4 nitrogen and oxygen atoms in total. The molecular weight excluding hydrogens is 238 g/mol. The van der Waals surface area contributed by atoms with E-state index in [-0.39, 0.29) is 18.0 Å². The Kier molecular flexibility index (Phi) is 4.08. The van der Waals surface area contributed by atoms with Gasteiger partial charge < -0.3 is 15.5 Å². The molecule has 0 radical (unpaired) electrons.